The van der Waals surface area contributed by atoms with Crippen molar-refractivity contribution in [2.75, 3.05) is 11.9 Å². The zero-order chi connectivity index (χ0) is 12.0. The van der Waals surface area contributed by atoms with Crippen LogP contribution in [0.2, 0.25) is 0 Å². The van der Waals surface area contributed by atoms with Crippen LogP contribution in [0.1, 0.15) is 20.3 Å². The SMILES string of the molecule is CC(C)NCCC(=O)Nc1ccc(Br)nc1. The summed E-state index contributed by atoms with van der Waals surface area (Å²) in [5, 5.41) is 5.97. The number of carbonyl (C=O) groups excluding carboxylic acids is 1. The molecule has 0 unspecified atom stereocenters. The third kappa shape index (κ3) is 5.23. The van der Waals surface area contributed by atoms with Crippen molar-refractivity contribution >= 4 is 27.5 Å². The van der Waals surface area contributed by atoms with Gasteiger partial charge in [0, 0.05) is 19.0 Å². The molecule has 0 fully saturated rings. The third-order valence-corrected chi connectivity index (χ3v) is 2.38. The largest absolute Gasteiger partial charge is 0.325 e. The first-order valence-corrected chi connectivity index (χ1v) is 6.02. The van der Waals surface area contributed by atoms with Crippen molar-refractivity contribution in [2.45, 2.75) is 26.3 Å². The van der Waals surface area contributed by atoms with Gasteiger partial charge < -0.3 is 10.6 Å². The van der Waals surface area contributed by atoms with Crippen LogP contribution >= 0.6 is 15.9 Å². The smallest absolute Gasteiger partial charge is 0.225 e. The molecule has 0 radical (unpaired) electrons. The molecule has 0 atom stereocenters. The van der Waals surface area contributed by atoms with Crippen molar-refractivity contribution in [1.82, 2.24) is 10.3 Å². The van der Waals surface area contributed by atoms with Crippen LogP contribution in [0, 0.1) is 0 Å². The van der Waals surface area contributed by atoms with E-state index in [1.165, 1.54) is 0 Å². The summed E-state index contributed by atoms with van der Waals surface area (Å²) in [6.07, 6.45) is 2.09. The van der Waals surface area contributed by atoms with Crippen LogP contribution in [0.4, 0.5) is 5.69 Å². The summed E-state index contributed by atoms with van der Waals surface area (Å²) in [6.45, 7) is 4.79. The first kappa shape index (κ1) is 13.1. The first-order chi connectivity index (χ1) is 7.58. The Hall–Kier alpha value is -0.940. The number of halogens is 1. The van der Waals surface area contributed by atoms with Gasteiger partial charge in [-0.05, 0) is 28.1 Å². The number of carbonyl (C=O) groups is 1. The van der Waals surface area contributed by atoms with E-state index in [9.17, 15) is 4.79 Å². The van der Waals surface area contributed by atoms with Crippen molar-refractivity contribution in [3.05, 3.63) is 22.9 Å². The van der Waals surface area contributed by atoms with Gasteiger partial charge in [0.1, 0.15) is 4.60 Å². The summed E-state index contributed by atoms with van der Waals surface area (Å²) in [5.74, 6) is -0.00253. The number of pyridine rings is 1. The lowest BCUT2D eigenvalue weighted by atomic mass is 10.3. The average Bonchev–Trinajstić information content (AvgIpc) is 2.21. The van der Waals surface area contributed by atoms with Crippen LogP contribution < -0.4 is 10.6 Å². The van der Waals surface area contributed by atoms with Crippen LogP contribution in [0.25, 0.3) is 0 Å². The van der Waals surface area contributed by atoms with Crippen molar-refractivity contribution in [3.63, 3.8) is 0 Å². The Kier molecular flexibility index (Phi) is 5.42. The van der Waals surface area contributed by atoms with E-state index >= 15 is 0 Å². The predicted octanol–water partition coefficient (Wildman–Crippen LogP) is 2.17. The van der Waals surface area contributed by atoms with E-state index in [1.54, 1.807) is 12.3 Å². The second kappa shape index (κ2) is 6.60. The molecular weight excluding hydrogens is 270 g/mol. The summed E-state index contributed by atoms with van der Waals surface area (Å²) in [6, 6.07) is 4.01. The number of anilines is 1. The maximum absolute atomic E-state index is 11.5. The molecule has 1 amide bonds. The number of hydrogen-bond donors (Lipinski definition) is 2. The van der Waals surface area contributed by atoms with Gasteiger partial charge in [0.05, 0.1) is 11.9 Å². The number of nitrogens with one attached hydrogen (secondary N) is 2. The van der Waals surface area contributed by atoms with Gasteiger partial charge in [0.2, 0.25) is 5.91 Å². The standard InChI is InChI=1S/C11H16BrN3O/c1-8(2)13-6-5-11(16)15-9-3-4-10(12)14-7-9/h3-4,7-8,13H,5-6H2,1-2H3,(H,15,16). The second-order valence-corrected chi connectivity index (χ2v) is 4.59. The van der Waals surface area contributed by atoms with Crippen LogP contribution in [-0.4, -0.2) is 23.5 Å². The Morgan fingerprint density at radius 2 is 2.25 bits per heavy atom. The molecule has 1 heterocycles. The van der Waals surface area contributed by atoms with Gasteiger partial charge in [-0.1, -0.05) is 13.8 Å². The number of aromatic nitrogens is 1. The molecule has 1 rings (SSSR count). The Morgan fingerprint density at radius 3 is 2.81 bits per heavy atom. The molecule has 88 valence electrons. The summed E-state index contributed by atoms with van der Waals surface area (Å²) in [4.78, 5) is 15.5. The van der Waals surface area contributed by atoms with Crippen LogP contribution in [-0.2, 0) is 4.79 Å². The fourth-order valence-corrected chi connectivity index (χ4v) is 1.38. The van der Waals surface area contributed by atoms with Gasteiger partial charge in [0.25, 0.3) is 0 Å². The lowest BCUT2D eigenvalue weighted by Crippen LogP contribution is -2.27. The van der Waals surface area contributed by atoms with E-state index < -0.39 is 0 Å². The van der Waals surface area contributed by atoms with Crippen molar-refractivity contribution < 1.29 is 4.79 Å². The Bertz CT molecular complexity index is 338. The average molecular weight is 286 g/mol. The Balaban J connectivity index is 2.31. The molecule has 0 aliphatic carbocycles. The topological polar surface area (TPSA) is 54.0 Å². The summed E-state index contributed by atoms with van der Waals surface area (Å²) >= 11 is 3.24. The molecular formula is C11H16BrN3O. The minimum Gasteiger partial charge on any atom is -0.325 e. The fraction of sp³-hybridized carbons (Fsp3) is 0.455. The zero-order valence-corrected chi connectivity index (χ0v) is 11.0. The van der Waals surface area contributed by atoms with E-state index in [2.05, 4.69) is 45.4 Å². The molecule has 0 saturated carbocycles. The molecule has 1 aromatic rings. The molecule has 2 N–H and O–H groups in total. The van der Waals surface area contributed by atoms with Gasteiger partial charge in [-0.2, -0.15) is 0 Å². The highest BCUT2D eigenvalue weighted by molar-refractivity contribution is 9.10. The van der Waals surface area contributed by atoms with E-state index in [-0.39, 0.29) is 5.91 Å². The number of amides is 1. The van der Waals surface area contributed by atoms with Crippen LogP contribution in [0.15, 0.2) is 22.9 Å². The lowest BCUT2D eigenvalue weighted by molar-refractivity contribution is -0.116. The first-order valence-electron chi connectivity index (χ1n) is 5.22. The molecule has 0 saturated heterocycles. The number of hydrogen-bond acceptors (Lipinski definition) is 3. The van der Waals surface area contributed by atoms with Crippen molar-refractivity contribution in [3.8, 4) is 0 Å². The van der Waals surface area contributed by atoms with E-state index in [1.807, 2.05) is 6.07 Å². The van der Waals surface area contributed by atoms with Gasteiger partial charge in [-0.3, -0.25) is 4.79 Å². The highest BCUT2D eigenvalue weighted by Gasteiger charge is 2.02. The molecule has 0 aromatic carbocycles. The molecule has 16 heavy (non-hydrogen) atoms. The maximum atomic E-state index is 11.5. The number of rotatable bonds is 5. The third-order valence-electron chi connectivity index (χ3n) is 1.92. The van der Waals surface area contributed by atoms with Crippen molar-refractivity contribution in [2.24, 2.45) is 0 Å². The molecule has 0 spiro atoms. The van der Waals surface area contributed by atoms with Gasteiger partial charge in [-0.25, -0.2) is 4.98 Å². The maximum Gasteiger partial charge on any atom is 0.225 e. The van der Waals surface area contributed by atoms with E-state index in [0.29, 0.717) is 19.0 Å². The predicted molar refractivity (Wildman–Crippen MR) is 68.3 cm³/mol. The quantitative estimate of drug-likeness (QED) is 0.816. The summed E-state index contributed by atoms with van der Waals surface area (Å²) in [7, 11) is 0. The number of nitrogens with zero attached hydrogens (tertiary/aromatic N) is 1. The van der Waals surface area contributed by atoms with Gasteiger partial charge in [-0.15, -0.1) is 0 Å². The molecule has 0 aliphatic rings. The molecule has 5 heteroatoms. The van der Waals surface area contributed by atoms with E-state index in [4.69, 9.17) is 0 Å². The molecule has 1 aromatic heterocycles. The van der Waals surface area contributed by atoms with Gasteiger partial charge >= 0.3 is 0 Å². The highest BCUT2D eigenvalue weighted by atomic mass is 79.9. The lowest BCUT2D eigenvalue weighted by Gasteiger charge is -2.08. The summed E-state index contributed by atoms with van der Waals surface area (Å²) < 4.78 is 0.756. The molecule has 0 aliphatic heterocycles. The molecule has 4 nitrogen and oxygen atoms in total. The Labute approximate surface area is 104 Å². The minimum atomic E-state index is -0.00253. The minimum absolute atomic E-state index is 0.00253. The fourth-order valence-electron chi connectivity index (χ4n) is 1.15. The normalized spacial score (nSPS) is 10.5. The second-order valence-electron chi connectivity index (χ2n) is 3.78. The highest BCUT2D eigenvalue weighted by Crippen LogP contribution is 2.10. The summed E-state index contributed by atoms with van der Waals surface area (Å²) in [5.41, 5.74) is 0.720. The Morgan fingerprint density at radius 1 is 1.50 bits per heavy atom. The van der Waals surface area contributed by atoms with Crippen LogP contribution in [0.3, 0.4) is 0 Å². The van der Waals surface area contributed by atoms with Crippen LogP contribution in [0.5, 0.6) is 0 Å². The van der Waals surface area contributed by atoms with Crippen molar-refractivity contribution in [1.29, 1.82) is 0 Å². The zero-order valence-electron chi connectivity index (χ0n) is 9.46. The van der Waals surface area contributed by atoms with Gasteiger partial charge in [0.15, 0.2) is 0 Å². The van der Waals surface area contributed by atoms with E-state index in [0.717, 1.165) is 10.3 Å². The molecule has 0 bridgehead atoms. The monoisotopic (exact) mass is 285 g/mol.